The van der Waals surface area contributed by atoms with Crippen LogP contribution in [0.2, 0.25) is 0 Å². The van der Waals surface area contributed by atoms with Gasteiger partial charge in [-0.15, -0.1) is 11.3 Å². The fourth-order valence-electron chi connectivity index (χ4n) is 6.94. The van der Waals surface area contributed by atoms with Crippen LogP contribution in [0.4, 0.5) is 4.39 Å². The molecule has 228 valence electrons. The molecule has 1 amide bonds. The molecule has 6 atom stereocenters. The number of halogens is 1. The Morgan fingerprint density at radius 3 is 2.36 bits per heavy atom. The molecule has 0 saturated heterocycles. The average molecular weight is 622 g/mol. The van der Waals surface area contributed by atoms with Crippen molar-refractivity contribution in [2.45, 2.75) is 30.6 Å². The number of phenolic OH excluding ortho intramolecular Hbond substituents is 1. The molecule has 0 fully saturated rings. The van der Waals surface area contributed by atoms with Crippen LogP contribution < -0.4 is 5.73 Å². The van der Waals surface area contributed by atoms with E-state index in [2.05, 4.69) is 4.98 Å². The number of hydrogen-bond donors (Lipinski definition) is 6. The first-order valence-corrected chi connectivity index (χ1v) is 14.4. The van der Waals surface area contributed by atoms with Crippen LogP contribution in [-0.4, -0.2) is 84.7 Å². The van der Waals surface area contributed by atoms with Crippen LogP contribution in [0.15, 0.2) is 65.3 Å². The Kier molecular flexibility index (Phi) is 6.77. The van der Waals surface area contributed by atoms with Crippen LogP contribution in [0.3, 0.4) is 0 Å². The molecule has 0 radical (unpaired) electrons. The number of aromatic hydroxyl groups is 1. The number of carbonyl (C=O) groups excluding carboxylic acids is 3. The van der Waals surface area contributed by atoms with Crippen LogP contribution in [0.25, 0.3) is 21.0 Å². The minimum atomic E-state index is -2.99. The summed E-state index contributed by atoms with van der Waals surface area (Å²) in [5.41, 5.74) is 1.95. The molecule has 3 aliphatic carbocycles. The van der Waals surface area contributed by atoms with Gasteiger partial charge >= 0.3 is 0 Å². The minimum Gasteiger partial charge on any atom is -0.510 e. The van der Waals surface area contributed by atoms with Gasteiger partial charge < -0.3 is 31.3 Å². The van der Waals surface area contributed by atoms with E-state index < -0.39 is 87.2 Å². The number of aliphatic hydroxyl groups excluding tert-OH is 3. The lowest BCUT2D eigenvalue weighted by atomic mass is 9.55. The van der Waals surface area contributed by atoms with Gasteiger partial charge in [-0.25, -0.2) is 9.37 Å². The van der Waals surface area contributed by atoms with Crippen molar-refractivity contribution in [2.75, 3.05) is 14.1 Å². The molecule has 6 rings (SSSR count). The van der Waals surface area contributed by atoms with Gasteiger partial charge in [0.1, 0.15) is 33.7 Å². The largest absolute Gasteiger partial charge is 0.510 e. The number of likely N-dealkylation sites (N-methyl/N-ethyl adjacent to an activating group) is 1. The Morgan fingerprint density at radius 1 is 1.09 bits per heavy atom. The molecule has 3 aliphatic rings. The van der Waals surface area contributed by atoms with E-state index in [1.54, 1.807) is 37.4 Å². The van der Waals surface area contributed by atoms with Crippen molar-refractivity contribution in [2.24, 2.45) is 17.6 Å². The number of thiazole rings is 1. The third kappa shape index (κ3) is 3.90. The number of amides is 1. The van der Waals surface area contributed by atoms with Crippen molar-refractivity contribution in [1.82, 2.24) is 9.88 Å². The summed E-state index contributed by atoms with van der Waals surface area (Å²) in [6.07, 6.45) is -0.131. The molecule has 11 nitrogen and oxygen atoms in total. The summed E-state index contributed by atoms with van der Waals surface area (Å²) in [6, 6.07) is 7.62. The minimum absolute atomic E-state index is 0.194. The summed E-state index contributed by atoms with van der Waals surface area (Å²) in [5, 5.41) is 57.8. The number of aromatic nitrogens is 1. The number of fused-ring (bicyclic) bond motifs is 3. The molecule has 1 heterocycles. The van der Waals surface area contributed by atoms with Gasteiger partial charge in [0.25, 0.3) is 5.91 Å². The standard InChI is InChI=1S/C31H28FN3O8S/c1-11-14-8-9-15(30-34-10-16(44-30)12-4-6-13(32)7-5-12)23(36)18(14)24(37)19-17(11)25(38)21-22(35(2)3)26(39)20(29(33)42)28(41)31(21,43)27(19)40/h4-11,17,21-22,25,36,38-40,43H,1-3H3,(H2,33,42). The number of hydrogen-bond acceptors (Lipinski definition) is 11. The van der Waals surface area contributed by atoms with Crippen LogP contribution in [0.1, 0.15) is 28.8 Å². The van der Waals surface area contributed by atoms with Gasteiger partial charge in [0.15, 0.2) is 11.4 Å². The van der Waals surface area contributed by atoms with Crippen LogP contribution in [-0.2, 0) is 9.59 Å². The molecule has 13 heteroatoms. The van der Waals surface area contributed by atoms with E-state index in [-0.39, 0.29) is 11.1 Å². The summed E-state index contributed by atoms with van der Waals surface area (Å²) in [5.74, 6) is -9.93. The number of primary amides is 1. The highest BCUT2D eigenvalue weighted by Gasteiger charge is 2.67. The quantitative estimate of drug-likeness (QED) is 0.236. The zero-order valence-corrected chi connectivity index (χ0v) is 24.5. The van der Waals surface area contributed by atoms with Crippen LogP contribution in [0.5, 0.6) is 5.75 Å². The Bertz CT molecular complexity index is 1830. The molecule has 6 unspecified atom stereocenters. The summed E-state index contributed by atoms with van der Waals surface area (Å²) in [4.78, 5) is 46.2. The first kappa shape index (κ1) is 29.6. The molecule has 44 heavy (non-hydrogen) atoms. The predicted octanol–water partition coefficient (Wildman–Crippen LogP) is 2.58. The lowest BCUT2D eigenvalue weighted by molar-refractivity contribution is -0.162. The van der Waals surface area contributed by atoms with E-state index in [0.29, 0.717) is 21.0 Å². The smallest absolute Gasteiger partial charge is 0.255 e. The number of benzene rings is 2. The Balaban J connectivity index is 1.51. The fraction of sp³-hybridized carbons (Fsp3) is 0.290. The summed E-state index contributed by atoms with van der Waals surface area (Å²) in [7, 11) is 2.95. The van der Waals surface area contributed by atoms with Gasteiger partial charge in [-0.1, -0.05) is 25.1 Å². The highest BCUT2D eigenvalue weighted by atomic mass is 32.1. The highest BCUT2D eigenvalue weighted by Crippen LogP contribution is 2.56. The monoisotopic (exact) mass is 621 g/mol. The second-order valence-corrected chi connectivity index (χ2v) is 12.5. The van der Waals surface area contributed by atoms with Gasteiger partial charge in [-0.3, -0.25) is 19.3 Å². The van der Waals surface area contributed by atoms with E-state index in [1.807, 2.05) is 0 Å². The van der Waals surface area contributed by atoms with Crippen molar-refractivity contribution >= 4 is 28.8 Å². The average Bonchev–Trinajstić information content (AvgIpc) is 3.45. The normalized spacial score (nSPS) is 28.2. The van der Waals surface area contributed by atoms with Crippen molar-refractivity contribution in [3.8, 4) is 26.8 Å². The van der Waals surface area contributed by atoms with E-state index in [1.165, 1.54) is 42.5 Å². The maximum Gasteiger partial charge on any atom is 0.255 e. The number of aliphatic hydroxyl groups is 4. The first-order chi connectivity index (χ1) is 20.7. The van der Waals surface area contributed by atoms with Crippen molar-refractivity contribution in [1.29, 1.82) is 0 Å². The van der Waals surface area contributed by atoms with Crippen LogP contribution in [0, 0.1) is 17.7 Å². The Hall–Kier alpha value is -4.43. The topological polar surface area (TPSA) is 195 Å². The maximum absolute atomic E-state index is 14.1. The Labute approximate surface area is 254 Å². The van der Waals surface area contributed by atoms with Gasteiger partial charge in [0.05, 0.1) is 34.1 Å². The summed E-state index contributed by atoms with van der Waals surface area (Å²) in [6.45, 7) is 1.66. The van der Waals surface area contributed by atoms with E-state index >= 15 is 0 Å². The molecule has 0 aliphatic heterocycles. The lowest BCUT2D eigenvalue weighted by Gasteiger charge is -2.53. The van der Waals surface area contributed by atoms with Gasteiger partial charge in [0, 0.05) is 17.7 Å². The Morgan fingerprint density at radius 2 is 1.75 bits per heavy atom. The number of rotatable bonds is 4. The zero-order chi connectivity index (χ0) is 32.0. The number of ketones is 2. The summed E-state index contributed by atoms with van der Waals surface area (Å²) >= 11 is 1.19. The second-order valence-electron chi connectivity index (χ2n) is 11.5. The van der Waals surface area contributed by atoms with Gasteiger partial charge in [0.2, 0.25) is 5.78 Å². The molecule has 0 saturated carbocycles. The molecular formula is C31H28FN3O8S. The van der Waals surface area contributed by atoms with E-state index in [9.17, 15) is 44.3 Å². The number of nitrogens with two attached hydrogens (primary N) is 1. The molecule has 2 aromatic carbocycles. The predicted molar refractivity (Wildman–Crippen MR) is 156 cm³/mol. The molecule has 1 aromatic heterocycles. The first-order valence-electron chi connectivity index (χ1n) is 13.6. The van der Waals surface area contributed by atoms with Crippen LogP contribution >= 0.6 is 11.3 Å². The number of Topliss-reactive ketones (excluding diaryl/α,β-unsaturated/α-hetero) is 2. The number of phenols is 1. The van der Waals surface area contributed by atoms with Crippen molar-refractivity contribution in [3.05, 3.63) is 82.2 Å². The molecule has 7 N–H and O–H groups in total. The maximum atomic E-state index is 14.1. The summed E-state index contributed by atoms with van der Waals surface area (Å²) < 4.78 is 13.4. The molecule has 0 spiro atoms. The van der Waals surface area contributed by atoms with E-state index in [4.69, 9.17) is 5.73 Å². The number of nitrogens with zero attached hydrogens (tertiary/aromatic N) is 2. The lowest BCUT2D eigenvalue weighted by Crippen LogP contribution is -2.68. The van der Waals surface area contributed by atoms with Crippen molar-refractivity contribution in [3.63, 3.8) is 0 Å². The molecule has 3 aromatic rings. The number of carbonyl (C=O) groups is 3. The molecule has 0 bridgehead atoms. The van der Waals surface area contributed by atoms with Crippen molar-refractivity contribution < 1.29 is 44.3 Å². The second kappa shape index (κ2) is 10.1. The fourth-order valence-corrected chi connectivity index (χ4v) is 7.89. The van der Waals surface area contributed by atoms with Gasteiger partial charge in [-0.05, 0) is 49.3 Å². The molecular weight excluding hydrogens is 593 g/mol. The van der Waals surface area contributed by atoms with Gasteiger partial charge in [-0.2, -0.15) is 0 Å². The third-order valence-corrected chi connectivity index (χ3v) is 10.1. The zero-order valence-electron chi connectivity index (χ0n) is 23.6. The third-order valence-electron chi connectivity index (χ3n) is 9.00. The highest BCUT2D eigenvalue weighted by molar-refractivity contribution is 7.18. The van der Waals surface area contributed by atoms with E-state index in [0.717, 1.165) is 0 Å². The SMILES string of the molecule is CC1c2ccc(-c3ncc(-c4ccc(F)cc4)s3)c(O)c2C(=O)C2=C(O)C3(O)C(=O)C(C(N)=O)=C(O)C(N(C)C)C3C(O)C21.